The molecular weight excluding hydrogens is 293 g/mol. The van der Waals surface area contributed by atoms with E-state index in [-0.39, 0.29) is 17.9 Å². The number of halogens is 3. The summed E-state index contributed by atoms with van der Waals surface area (Å²) >= 11 is 0. The van der Waals surface area contributed by atoms with Crippen molar-refractivity contribution in [3.63, 3.8) is 0 Å². The van der Waals surface area contributed by atoms with Gasteiger partial charge >= 0.3 is 12.1 Å². The zero-order valence-corrected chi connectivity index (χ0v) is 10.8. The third kappa shape index (κ3) is 3.94. The molecule has 0 aliphatic carbocycles. The fraction of sp³-hybridized carbons (Fsp3) is 0.545. The van der Waals surface area contributed by atoms with E-state index in [2.05, 4.69) is 15.3 Å². The summed E-state index contributed by atoms with van der Waals surface area (Å²) in [6, 6.07) is -0.914. The Kier molecular flexibility index (Phi) is 4.16. The molecule has 3 N–H and O–H groups in total. The first-order chi connectivity index (χ1) is 9.76. The van der Waals surface area contributed by atoms with Gasteiger partial charge in [-0.2, -0.15) is 13.2 Å². The molecule has 2 rings (SSSR count). The third-order valence-corrected chi connectivity index (χ3v) is 3.04. The van der Waals surface area contributed by atoms with Gasteiger partial charge in [-0.15, -0.1) is 0 Å². The summed E-state index contributed by atoms with van der Waals surface area (Å²) in [7, 11) is 0. The fourth-order valence-electron chi connectivity index (χ4n) is 2.16. The number of fused-ring (bicyclic) bond motifs is 1. The number of hydrogen-bond donors (Lipinski definition) is 3. The molecule has 1 aromatic rings. The normalized spacial score (nSPS) is 18.1. The predicted molar refractivity (Wildman–Crippen MR) is 63.2 cm³/mol. The summed E-state index contributed by atoms with van der Waals surface area (Å²) in [4.78, 5) is 29.9. The van der Waals surface area contributed by atoms with Gasteiger partial charge in [0, 0.05) is 13.0 Å². The van der Waals surface area contributed by atoms with E-state index in [1.54, 1.807) is 0 Å². The minimum atomic E-state index is -4.66. The summed E-state index contributed by atoms with van der Waals surface area (Å²) in [5, 5.41) is 11.4. The molecule has 0 radical (unpaired) electrons. The molecule has 1 aliphatic heterocycles. The molecule has 1 atom stereocenters. The first-order valence-corrected chi connectivity index (χ1v) is 6.08. The van der Waals surface area contributed by atoms with Crippen LogP contribution in [0, 0.1) is 0 Å². The number of rotatable bonds is 4. The van der Waals surface area contributed by atoms with Gasteiger partial charge in [0.1, 0.15) is 13.1 Å². The molecule has 1 aliphatic rings. The van der Waals surface area contributed by atoms with Gasteiger partial charge in [0.15, 0.2) is 0 Å². The number of carbonyl (C=O) groups excluding carboxylic acids is 1. The van der Waals surface area contributed by atoms with Crippen LogP contribution in [0.5, 0.6) is 0 Å². The maximum Gasteiger partial charge on any atom is 0.406 e. The van der Waals surface area contributed by atoms with Crippen LogP contribution in [-0.2, 0) is 22.6 Å². The molecule has 7 nitrogen and oxygen atoms in total. The number of carboxylic acids is 1. The molecule has 0 saturated heterocycles. The van der Waals surface area contributed by atoms with Gasteiger partial charge in [0.2, 0.25) is 5.91 Å². The minimum absolute atomic E-state index is 0.117. The Labute approximate surface area is 117 Å². The smallest absolute Gasteiger partial charge is 0.406 e. The SMILES string of the molecule is O=C(O)CN(CC(F)(F)F)C(=O)C1Cc2nc[nH]c2CN1. The Balaban J connectivity index is 2.09. The number of aliphatic carboxylic acids is 1. The number of carboxylic acid groups (broad SMARTS) is 1. The van der Waals surface area contributed by atoms with Gasteiger partial charge in [-0.3, -0.25) is 14.9 Å². The first-order valence-electron chi connectivity index (χ1n) is 6.08. The number of imidazole rings is 1. The largest absolute Gasteiger partial charge is 0.480 e. The molecule has 116 valence electrons. The van der Waals surface area contributed by atoms with Crippen LogP contribution in [0.15, 0.2) is 6.33 Å². The second-order valence-electron chi connectivity index (χ2n) is 4.67. The third-order valence-electron chi connectivity index (χ3n) is 3.04. The topological polar surface area (TPSA) is 98.3 Å². The molecule has 1 aromatic heterocycles. The van der Waals surface area contributed by atoms with E-state index in [1.165, 1.54) is 6.33 Å². The summed E-state index contributed by atoms with van der Waals surface area (Å²) < 4.78 is 37.3. The summed E-state index contributed by atoms with van der Waals surface area (Å²) in [5.74, 6) is -2.40. The Bertz CT molecular complexity index is 543. The van der Waals surface area contributed by atoms with Gasteiger partial charge < -0.3 is 15.0 Å². The summed E-state index contributed by atoms with van der Waals surface area (Å²) in [5.41, 5.74) is 1.36. The minimum Gasteiger partial charge on any atom is -0.480 e. The Morgan fingerprint density at radius 3 is 2.81 bits per heavy atom. The number of nitrogens with zero attached hydrogens (tertiary/aromatic N) is 2. The highest BCUT2D eigenvalue weighted by Crippen LogP contribution is 2.19. The molecule has 0 saturated carbocycles. The monoisotopic (exact) mass is 306 g/mol. The molecule has 0 spiro atoms. The van der Waals surface area contributed by atoms with Crippen molar-refractivity contribution in [1.29, 1.82) is 0 Å². The second-order valence-corrected chi connectivity index (χ2v) is 4.67. The van der Waals surface area contributed by atoms with Crippen molar-refractivity contribution < 1.29 is 27.9 Å². The summed E-state index contributed by atoms with van der Waals surface area (Å²) in [6.07, 6.45) is -3.10. The highest BCUT2D eigenvalue weighted by molar-refractivity contribution is 5.85. The lowest BCUT2D eigenvalue weighted by molar-refractivity contribution is -0.167. The highest BCUT2D eigenvalue weighted by atomic mass is 19.4. The lowest BCUT2D eigenvalue weighted by Crippen LogP contribution is -2.53. The van der Waals surface area contributed by atoms with Gasteiger partial charge in [-0.25, -0.2) is 4.98 Å². The van der Waals surface area contributed by atoms with Crippen molar-refractivity contribution in [3.8, 4) is 0 Å². The maximum atomic E-state index is 12.4. The van der Waals surface area contributed by atoms with Crippen LogP contribution in [0.3, 0.4) is 0 Å². The van der Waals surface area contributed by atoms with Crippen LogP contribution in [-0.4, -0.2) is 57.2 Å². The number of aromatic nitrogens is 2. The zero-order valence-electron chi connectivity index (χ0n) is 10.8. The standard InChI is InChI=1S/C11H13F3N4O3/c12-11(13,14)4-18(3-9(19)20)10(21)7-1-6-8(2-15-7)17-5-16-6/h5,7,15H,1-4H2,(H,16,17)(H,19,20). The molecule has 10 heteroatoms. The van der Waals surface area contributed by atoms with Gasteiger partial charge in [-0.1, -0.05) is 0 Å². The Morgan fingerprint density at radius 1 is 1.48 bits per heavy atom. The van der Waals surface area contributed by atoms with Crippen LogP contribution in [0.1, 0.15) is 11.4 Å². The van der Waals surface area contributed by atoms with Crippen LogP contribution in [0.4, 0.5) is 13.2 Å². The molecule has 2 heterocycles. The van der Waals surface area contributed by atoms with Crippen LogP contribution >= 0.6 is 0 Å². The van der Waals surface area contributed by atoms with Crippen molar-refractivity contribution in [2.24, 2.45) is 0 Å². The molecule has 0 bridgehead atoms. The predicted octanol–water partition coefficient (Wildman–Crippen LogP) is -0.101. The van der Waals surface area contributed by atoms with Crippen LogP contribution in [0.2, 0.25) is 0 Å². The fourth-order valence-corrected chi connectivity index (χ4v) is 2.16. The second kappa shape index (κ2) is 5.72. The van der Waals surface area contributed by atoms with E-state index in [4.69, 9.17) is 5.11 Å². The number of H-pyrrole nitrogens is 1. The molecule has 0 aromatic carbocycles. The van der Waals surface area contributed by atoms with E-state index in [9.17, 15) is 22.8 Å². The molecule has 1 amide bonds. The van der Waals surface area contributed by atoms with E-state index >= 15 is 0 Å². The van der Waals surface area contributed by atoms with Crippen LogP contribution < -0.4 is 5.32 Å². The van der Waals surface area contributed by atoms with E-state index in [0.717, 1.165) is 5.69 Å². The van der Waals surface area contributed by atoms with Crippen molar-refractivity contribution in [3.05, 3.63) is 17.7 Å². The van der Waals surface area contributed by atoms with Crippen molar-refractivity contribution in [2.45, 2.75) is 25.2 Å². The number of alkyl halides is 3. The van der Waals surface area contributed by atoms with Gasteiger partial charge in [-0.05, 0) is 0 Å². The van der Waals surface area contributed by atoms with Crippen molar-refractivity contribution in [1.82, 2.24) is 20.2 Å². The summed E-state index contributed by atoms with van der Waals surface area (Å²) in [6.45, 7) is -2.33. The Hall–Kier alpha value is -2.10. The Morgan fingerprint density at radius 2 is 2.19 bits per heavy atom. The van der Waals surface area contributed by atoms with Crippen LogP contribution in [0.25, 0.3) is 0 Å². The van der Waals surface area contributed by atoms with Crippen molar-refractivity contribution in [2.75, 3.05) is 13.1 Å². The maximum absolute atomic E-state index is 12.4. The lowest BCUT2D eigenvalue weighted by Gasteiger charge is -2.29. The number of hydrogen-bond acceptors (Lipinski definition) is 4. The zero-order chi connectivity index (χ0) is 15.6. The van der Waals surface area contributed by atoms with Gasteiger partial charge in [0.25, 0.3) is 0 Å². The molecular formula is C11H13F3N4O3. The number of amides is 1. The van der Waals surface area contributed by atoms with E-state index in [0.29, 0.717) is 5.69 Å². The first kappa shape index (κ1) is 15.3. The number of aromatic amines is 1. The average Bonchev–Trinajstić information content (AvgIpc) is 2.81. The molecule has 1 unspecified atom stereocenters. The van der Waals surface area contributed by atoms with E-state index < -0.39 is 37.2 Å². The van der Waals surface area contributed by atoms with Crippen molar-refractivity contribution >= 4 is 11.9 Å². The average molecular weight is 306 g/mol. The highest BCUT2D eigenvalue weighted by Gasteiger charge is 2.37. The number of nitrogens with one attached hydrogen (secondary N) is 2. The quantitative estimate of drug-likeness (QED) is 0.721. The van der Waals surface area contributed by atoms with Gasteiger partial charge in [0.05, 0.1) is 23.8 Å². The lowest BCUT2D eigenvalue weighted by atomic mass is 10.0. The van der Waals surface area contributed by atoms with E-state index in [1.807, 2.05) is 0 Å². The number of carbonyl (C=O) groups is 2. The molecule has 0 fully saturated rings. The molecule has 21 heavy (non-hydrogen) atoms.